The van der Waals surface area contributed by atoms with Crippen molar-refractivity contribution in [2.75, 3.05) is 6.54 Å². The van der Waals surface area contributed by atoms with Crippen LogP contribution < -0.4 is 57.1 Å². The number of carbonyl (C=O) groups is 1. The molecule has 0 heterocycles. The van der Waals surface area contributed by atoms with Crippen LogP contribution in [0.1, 0.15) is 79.5 Å². The Kier molecular flexibility index (Phi) is 17.8. The van der Waals surface area contributed by atoms with Gasteiger partial charge in [0.25, 0.3) is 0 Å². The number of unbranched alkanes of at least 4 members (excludes halogenated alkanes) is 8. The summed E-state index contributed by atoms with van der Waals surface area (Å²) in [5.74, 6) is -0.668. The predicted octanol–water partition coefficient (Wildman–Crippen LogP) is 0.244. The largest absolute Gasteiger partial charge is 1.00 e. The summed E-state index contributed by atoms with van der Waals surface area (Å²) >= 11 is 0. The average Bonchev–Trinajstić information content (AvgIpc) is 2.44. The zero-order chi connectivity index (χ0) is 16.1. The SMILES string of the molecule is CCCCCCCCCCCC(=O)OS(=O)(=O)C(C)CN.[H-].[K+]. The Morgan fingerprint density at radius 3 is 1.95 bits per heavy atom. The van der Waals surface area contributed by atoms with E-state index in [0.717, 1.165) is 12.8 Å². The summed E-state index contributed by atoms with van der Waals surface area (Å²) in [6.07, 6.45) is 10.4. The first-order chi connectivity index (χ1) is 9.94. The van der Waals surface area contributed by atoms with Crippen LogP contribution in [0.15, 0.2) is 0 Å². The van der Waals surface area contributed by atoms with Crippen LogP contribution in [0.5, 0.6) is 0 Å². The molecule has 0 aliphatic heterocycles. The Morgan fingerprint density at radius 2 is 1.50 bits per heavy atom. The number of rotatable bonds is 13. The number of nitrogens with two attached hydrogens (primary N) is 1. The standard InChI is InChI=1S/C15H31NO4S.K.H/c1-3-4-5-6-7-8-9-10-11-12-15(17)20-21(18,19)14(2)13-16;;/h14H,3-13,16H2,1-2H3;;/q;+1;-1. The zero-order valence-corrected chi connectivity index (χ0v) is 18.4. The molecule has 2 N–H and O–H groups in total. The molecule has 128 valence electrons. The van der Waals surface area contributed by atoms with Crippen LogP contribution in [0.4, 0.5) is 0 Å². The van der Waals surface area contributed by atoms with Gasteiger partial charge in [-0.3, -0.25) is 4.79 Å². The van der Waals surface area contributed by atoms with E-state index in [2.05, 4.69) is 11.1 Å². The van der Waals surface area contributed by atoms with E-state index in [-0.39, 0.29) is 65.8 Å². The van der Waals surface area contributed by atoms with Gasteiger partial charge in [-0.15, -0.1) is 0 Å². The molecule has 5 nitrogen and oxygen atoms in total. The first-order valence-electron chi connectivity index (χ1n) is 8.10. The van der Waals surface area contributed by atoms with E-state index in [0.29, 0.717) is 6.42 Å². The minimum absolute atomic E-state index is 0. The van der Waals surface area contributed by atoms with Gasteiger partial charge < -0.3 is 11.3 Å². The Hall–Kier alpha value is 1.02. The van der Waals surface area contributed by atoms with E-state index >= 15 is 0 Å². The fraction of sp³-hybridized carbons (Fsp3) is 0.933. The molecule has 1 atom stereocenters. The second-order valence-corrected chi connectivity index (χ2v) is 7.53. The van der Waals surface area contributed by atoms with Crippen molar-refractivity contribution in [1.29, 1.82) is 0 Å². The molecule has 0 aliphatic rings. The summed E-state index contributed by atoms with van der Waals surface area (Å²) < 4.78 is 27.5. The second kappa shape index (κ2) is 15.5. The zero-order valence-electron chi connectivity index (χ0n) is 15.5. The Bertz CT molecular complexity index is 380. The van der Waals surface area contributed by atoms with Gasteiger partial charge in [-0.1, -0.05) is 58.3 Å². The molecule has 0 saturated carbocycles. The minimum Gasteiger partial charge on any atom is -1.00 e. The first-order valence-corrected chi connectivity index (χ1v) is 9.57. The smallest absolute Gasteiger partial charge is 1.00 e. The van der Waals surface area contributed by atoms with Crippen molar-refractivity contribution >= 4 is 16.1 Å². The maximum atomic E-state index is 11.5. The van der Waals surface area contributed by atoms with Gasteiger partial charge >= 0.3 is 67.5 Å². The van der Waals surface area contributed by atoms with Gasteiger partial charge in [0.05, 0.1) is 0 Å². The van der Waals surface area contributed by atoms with Gasteiger partial charge in [-0.2, -0.15) is 8.42 Å². The van der Waals surface area contributed by atoms with Gasteiger partial charge in [0.15, 0.2) is 0 Å². The molecule has 0 bridgehead atoms. The van der Waals surface area contributed by atoms with Crippen molar-refractivity contribution in [2.45, 2.75) is 83.3 Å². The summed E-state index contributed by atoms with van der Waals surface area (Å²) in [5.41, 5.74) is 5.26. The molecule has 0 aliphatic carbocycles. The van der Waals surface area contributed by atoms with Crippen LogP contribution in [0.25, 0.3) is 0 Å². The van der Waals surface area contributed by atoms with E-state index in [1.54, 1.807) is 0 Å². The van der Waals surface area contributed by atoms with Crippen LogP contribution in [0.2, 0.25) is 0 Å². The molecule has 0 amide bonds. The first kappa shape index (κ1) is 25.3. The van der Waals surface area contributed by atoms with Crippen molar-refractivity contribution in [3.63, 3.8) is 0 Å². The molecule has 0 saturated heterocycles. The summed E-state index contributed by atoms with van der Waals surface area (Å²) in [6.45, 7) is 3.59. The summed E-state index contributed by atoms with van der Waals surface area (Å²) in [6, 6.07) is 0. The molecular weight excluding hydrogens is 329 g/mol. The maximum Gasteiger partial charge on any atom is 1.00 e. The van der Waals surface area contributed by atoms with Crippen LogP contribution in [0, 0.1) is 0 Å². The van der Waals surface area contributed by atoms with E-state index < -0.39 is 21.3 Å². The fourth-order valence-electron chi connectivity index (χ4n) is 1.95. The molecular formula is C15H32KNO4S. The minimum atomic E-state index is -3.84. The molecule has 0 radical (unpaired) electrons. The van der Waals surface area contributed by atoms with E-state index in [4.69, 9.17) is 5.73 Å². The third-order valence-corrected chi connectivity index (χ3v) is 5.11. The average molecular weight is 362 g/mol. The molecule has 0 aromatic carbocycles. The van der Waals surface area contributed by atoms with Crippen molar-refractivity contribution in [3.05, 3.63) is 0 Å². The van der Waals surface area contributed by atoms with E-state index in [1.807, 2.05) is 0 Å². The Balaban J connectivity index is -0.00000200. The second-order valence-electron chi connectivity index (χ2n) is 5.57. The van der Waals surface area contributed by atoms with Crippen LogP contribution in [-0.2, 0) is 19.1 Å². The molecule has 0 aromatic rings. The Morgan fingerprint density at radius 1 is 1.05 bits per heavy atom. The summed E-state index contributed by atoms with van der Waals surface area (Å²) in [5, 5.41) is -0.843. The predicted molar refractivity (Wildman–Crippen MR) is 86.5 cm³/mol. The van der Waals surface area contributed by atoms with Gasteiger partial charge in [-0.25, -0.2) is 0 Å². The van der Waals surface area contributed by atoms with E-state index in [1.165, 1.54) is 45.4 Å². The van der Waals surface area contributed by atoms with Crippen LogP contribution in [-0.4, -0.2) is 26.2 Å². The van der Waals surface area contributed by atoms with Crippen molar-refractivity contribution in [1.82, 2.24) is 0 Å². The molecule has 1 unspecified atom stereocenters. The quantitative estimate of drug-likeness (QED) is 0.289. The van der Waals surface area contributed by atoms with Crippen molar-refractivity contribution in [2.24, 2.45) is 5.73 Å². The topological polar surface area (TPSA) is 86.5 Å². The molecule has 0 fully saturated rings. The van der Waals surface area contributed by atoms with Crippen molar-refractivity contribution in [3.8, 4) is 0 Å². The third-order valence-electron chi connectivity index (χ3n) is 3.52. The van der Waals surface area contributed by atoms with Gasteiger partial charge in [0, 0.05) is 13.0 Å². The number of hydrogen-bond acceptors (Lipinski definition) is 5. The molecule has 0 spiro atoms. The molecule has 22 heavy (non-hydrogen) atoms. The Labute approximate surface area is 180 Å². The van der Waals surface area contributed by atoms with Gasteiger partial charge in [0.2, 0.25) is 0 Å². The monoisotopic (exact) mass is 361 g/mol. The van der Waals surface area contributed by atoms with Crippen LogP contribution >= 0.6 is 0 Å². The summed E-state index contributed by atoms with van der Waals surface area (Å²) in [4.78, 5) is 11.4. The molecule has 0 rings (SSSR count). The fourth-order valence-corrected chi connectivity index (χ4v) is 2.69. The van der Waals surface area contributed by atoms with E-state index in [9.17, 15) is 13.2 Å². The number of carbonyl (C=O) groups excluding carboxylic acids is 1. The van der Waals surface area contributed by atoms with Crippen LogP contribution in [0.3, 0.4) is 0 Å². The third kappa shape index (κ3) is 13.5. The molecule has 7 heteroatoms. The maximum absolute atomic E-state index is 11.5. The van der Waals surface area contributed by atoms with Gasteiger partial charge in [0.1, 0.15) is 5.25 Å². The normalized spacial score (nSPS) is 12.5. The van der Waals surface area contributed by atoms with Crippen molar-refractivity contribution < 1.29 is 70.2 Å². The summed E-state index contributed by atoms with van der Waals surface area (Å²) in [7, 11) is -3.84. The van der Waals surface area contributed by atoms with Gasteiger partial charge in [-0.05, 0) is 13.3 Å². The molecule has 0 aromatic heterocycles. The number of hydrogen-bond donors (Lipinski definition) is 1.